The molecule has 1 aliphatic rings. The van der Waals surface area contributed by atoms with E-state index in [1.165, 1.54) is 5.56 Å². The lowest BCUT2D eigenvalue weighted by molar-refractivity contribution is 0.222. The van der Waals surface area contributed by atoms with Gasteiger partial charge in [-0.3, -0.25) is 0 Å². The second kappa shape index (κ2) is 6.52. The first kappa shape index (κ1) is 14.4. The van der Waals surface area contributed by atoms with Crippen LogP contribution >= 0.6 is 0 Å². The second-order valence-corrected chi connectivity index (χ2v) is 5.47. The first-order valence-electron chi connectivity index (χ1n) is 7.62. The Hall–Kier alpha value is -2.49. The SMILES string of the molecule is CCc1cccc(NC(=O)N[C@H]2COc3ccccc3C2)c1. The maximum atomic E-state index is 12.1. The summed E-state index contributed by atoms with van der Waals surface area (Å²) in [6.07, 6.45) is 1.74. The minimum absolute atomic E-state index is 0.00995. The predicted molar refractivity (Wildman–Crippen MR) is 87.4 cm³/mol. The topological polar surface area (TPSA) is 50.4 Å². The van der Waals surface area contributed by atoms with Gasteiger partial charge in [0.05, 0.1) is 6.04 Å². The molecule has 0 aliphatic carbocycles. The molecule has 0 spiro atoms. The van der Waals surface area contributed by atoms with Crippen molar-refractivity contribution in [3.05, 3.63) is 59.7 Å². The fraction of sp³-hybridized carbons (Fsp3) is 0.278. The van der Waals surface area contributed by atoms with Crippen LogP contribution in [0.25, 0.3) is 0 Å². The number of benzene rings is 2. The summed E-state index contributed by atoms with van der Waals surface area (Å²) >= 11 is 0. The molecule has 0 bridgehead atoms. The number of carbonyl (C=O) groups excluding carboxylic acids is 1. The number of para-hydroxylation sites is 1. The van der Waals surface area contributed by atoms with Gasteiger partial charge in [0, 0.05) is 5.69 Å². The van der Waals surface area contributed by atoms with Crippen LogP contribution in [0, 0.1) is 0 Å². The summed E-state index contributed by atoms with van der Waals surface area (Å²) < 4.78 is 5.68. The monoisotopic (exact) mass is 296 g/mol. The van der Waals surface area contributed by atoms with Crippen molar-refractivity contribution >= 4 is 11.7 Å². The molecule has 3 rings (SSSR count). The molecule has 2 aromatic rings. The number of anilines is 1. The van der Waals surface area contributed by atoms with Gasteiger partial charge < -0.3 is 15.4 Å². The van der Waals surface area contributed by atoms with Gasteiger partial charge in [-0.25, -0.2) is 4.79 Å². The van der Waals surface area contributed by atoms with Gasteiger partial charge in [0.25, 0.3) is 0 Å². The normalized spacial score (nSPS) is 16.3. The molecule has 114 valence electrons. The summed E-state index contributed by atoms with van der Waals surface area (Å²) in [7, 11) is 0. The Bertz CT molecular complexity index is 670. The number of aryl methyl sites for hydroxylation is 1. The van der Waals surface area contributed by atoms with Crippen LogP contribution in [0.1, 0.15) is 18.1 Å². The highest BCUT2D eigenvalue weighted by Gasteiger charge is 2.20. The van der Waals surface area contributed by atoms with E-state index in [1.54, 1.807) is 0 Å². The zero-order valence-electron chi connectivity index (χ0n) is 12.6. The van der Waals surface area contributed by atoms with Crippen LogP contribution < -0.4 is 15.4 Å². The Labute approximate surface area is 130 Å². The van der Waals surface area contributed by atoms with Crippen molar-refractivity contribution in [1.29, 1.82) is 0 Å². The Morgan fingerprint density at radius 1 is 1.23 bits per heavy atom. The van der Waals surface area contributed by atoms with Crippen molar-refractivity contribution in [1.82, 2.24) is 5.32 Å². The summed E-state index contributed by atoms with van der Waals surface area (Å²) in [5.41, 5.74) is 3.15. The number of ether oxygens (including phenoxy) is 1. The third-order valence-corrected chi connectivity index (χ3v) is 3.81. The third kappa shape index (κ3) is 3.39. The molecule has 1 atom stereocenters. The highest BCUT2D eigenvalue weighted by molar-refractivity contribution is 5.89. The largest absolute Gasteiger partial charge is 0.491 e. The average molecular weight is 296 g/mol. The van der Waals surface area contributed by atoms with E-state index in [4.69, 9.17) is 4.74 Å². The molecule has 1 heterocycles. The fourth-order valence-electron chi connectivity index (χ4n) is 2.64. The van der Waals surface area contributed by atoms with Gasteiger partial charge >= 0.3 is 6.03 Å². The first-order chi connectivity index (χ1) is 10.7. The quantitative estimate of drug-likeness (QED) is 0.912. The zero-order chi connectivity index (χ0) is 15.4. The number of fused-ring (bicyclic) bond motifs is 1. The molecule has 0 saturated heterocycles. The van der Waals surface area contributed by atoms with Crippen LogP contribution in [0.15, 0.2) is 48.5 Å². The van der Waals surface area contributed by atoms with Crippen molar-refractivity contribution in [2.24, 2.45) is 0 Å². The molecule has 0 aromatic heterocycles. The van der Waals surface area contributed by atoms with Gasteiger partial charge in [-0.15, -0.1) is 0 Å². The number of amides is 2. The maximum absolute atomic E-state index is 12.1. The molecular weight excluding hydrogens is 276 g/mol. The van der Waals surface area contributed by atoms with E-state index in [9.17, 15) is 4.79 Å². The van der Waals surface area contributed by atoms with E-state index in [-0.39, 0.29) is 12.1 Å². The number of urea groups is 1. The van der Waals surface area contributed by atoms with E-state index in [0.29, 0.717) is 6.61 Å². The molecule has 2 aromatic carbocycles. The van der Waals surface area contributed by atoms with Gasteiger partial charge in [-0.2, -0.15) is 0 Å². The molecule has 0 unspecified atom stereocenters. The molecule has 1 aliphatic heterocycles. The third-order valence-electron chi connectivity index (χ3n) is 3.81. The van der Waals surface area contributed by atoms with E-state index >= 15 is 0 Å². The number of hydrogen-bond donors (Lipinski definition) is 2. The van der Waals surface area contributed by atoms with Crippen LogP contribution in [-0.2, 0) is 12.8 Å². The van der Waals surface area contributed by atoms with E-state index in [0.717, 1.165) is 29.8 Å². The molecule has 22 heavy (non-hydrogen) atoms. The van der Waals surface area contributed by atoms with Gasteiger partial charge in [-0.05, 0) is 42.2 Å². The zero-order valence-corrected chi connectivity index (χ0v) is 12.6. The van der Waals surface area contributed by atoms with Gasteiger partial charge in [0.1, 0.15) is 12.4 Å². The summed E-state index contributed by atoms with van der Waals surface area (Å²) in [5.74, 6) is 0.914. The van der Waals surface area contributed by atoms with E-state index in [1.807, 2.05) is 42.5 Å². The fourth-order valence-corrected chi connectivity index (χ4v) is 2.64. The molecule has 2 amide bonds. The van der Waals surface area contributed by atoms with Crippen molar-refractivity contribution in [3.63, 3.8) is 0 Å². The maximum Gasteiger partial charge on any atom is 0.319 e. The molecule has 0 radical (unpaired) electrons. The van der Waals surface area contributed by atoms with Gasteiger partial charge in [0.2, 0.25) is 0 Å². The minimum atomic E-state index is -0.193. The lowest BCUT2D eigenvalue weighted by atomic mass is 10.0. The Morgan fingerprint density at radius 2 is 2.09 bits per heavy atom. The van der Waals surface area contributed by atoms with E-state index < -0.39 is 0 Å². The Balaban J connectivity index is 1.58. The highest BCUT2D eigenvalue weighted by Crippen LogP contribution is 2.23. The summed E-state index contributed by atoms with van der Waals surface area (Å²) in [4.78, 5) is 12.1. The number of carbonyl (C=O) groups is 1. The molecule has 4 heteroatoms. The number of nitrogens with one attached hydrogen (secondary N) is 2. The molecule has 0 fully saturated rings. The highest BCUT2D eigenvalue weighted by atomic mass is 16.5. The standard InChI is InChI=1S/C18H20N2O2/c1-2-13-6-5-8-15(10-13)19-18(21)20-16-11-14-7-3-4-9-17(14)22-12-16/h3-10,16H,2,11-12H2,1H3,(H2,19,20,21)/t16-/m1/s1. The smallest absolute Gasteiger partial charge is 0.319 e. The molecule has 2 N–H and O–H groups in total. The van der Waals surface area contributed by atoms with Crippen molar-refractivity contribution in [3.8, 4) is 5.75 Å². The van der Waals surface area contributed by atoms with Crippen LogP contribution in [0.4, 0.5) is 10.5 Å². The number of rotatable bonds is 3. The number of hydrogen-bond acceptors (Lipinski definition) is 2. The van der Waals surface area contributed by atoms with Crippen LogP contribution in [0.2, 0.25) is 0 Å². The van der Waals surface area contributed by atoms with Crippen LogP contribution in [-0.4, -0.2) is 18.7 Å². The second-order valence-electron chi connectivity index (χ2n) is 5.47. The Kier molecular flexibility index (Phi) is 4.28. The lowest BCUT2D eigenvalue weighted by Crippen LogP contribution is -2.44. The first-order valence-corrected chi connectivity index (χ1v) is 7.62. The predicted octanol–water partition coefficient (Wildman–Crippen LogP) is 3.37. The Morgan fingerprint density at radius 3 is 2.95 bits per heavy atom. The van der Waals surface area contributed by atoms with Gasteiger partial charge in [0.15, 0.2) is 0 Å². The molecule has 4 nitrogen and oxygen atoms in total. The summed E-state index contributed by atoms with van der Waals surface area (Å²) in [6.45, 7) is 2.59. The van der Waals surface area contributed by atoms with Crippen LogP contribution in [0.5, 0.6) is 5.75 Å². The van der Waals surface area contributed by atoms with Crippen molar-refractivity contribution in [2.75, 3.05) is 11.9 Å². The average Bonchev–Trinajstić information content (AvgIpc) is 2.55. The molecule has 0 saturated carbocycles. The van der Waals surface area contributed by atoms with Gasteiger partial charge in [-0.1, -0.05) is 37.3 Å². The lowest BCUT2D eigenvalue weighted by Gasteiger charge is -2.26. The minimum Gasteiger partial charge on any atom is -0.491 e. The molecular formula is C18H20N2O2. The van der Waals surface area contributed by atoms with E-state index in [2.05, 4.69) is 23.6 Å². The summed E-state index contributed by atoms with van der Waals surface area (Å²) in [5, 5.41) is 5.85. The van der Waals surface area contributed by atoms with Crippen molar-refractivity contribution < 1.29 is 9.53 Å². The van der Waals surface area contributed by atoms with Crippen molar-refractivity contribution in [2.45, 2.75) is 25.8 Å². The van der Waals surface area contributed by atoms with Crippen LogP contribution in [0.3, 0.4) is 0 Å². The summed E-state index contributed by atoms with van der Waals surface area (Å²) in [6, 6.07) is 15.6.